The number of carbonyl (C=O) groups excluding carboxylic acids is 1. The van der Waals surface area contributed by atoms with Gasteiger partial charge < -0.3 is 20.1 Å². The molecule has 1 aliphatic heterocycles. The summed E-state index contributed by atoms with van der Waals surface area (Å²) in [6.07, 6.45) is 5.17. The highest BCUT2D eigenvalue weighted by molar-refractivity contribution is 5.85. The van der Waals surface area contributed by atoms with Crippen LogP contribution in [-0.2, 0) is 9.53 Å². The lowest BCUT2D eigenvalue weighted by Crippen LogP contribution is -2.71. The van der Waals surface area contributed by atoms with E-state index in [4.69, 9.17) is 4.74 Å². The SMILES string of the molecule is C=C[C@]1(C)C=C2[C@@H](O)[C@@]3(O)OC(=O)[C@@]4(CCCC(C)(C)C34)[C@@]2(O)CC1. The van der Waals surface area contributed by atoms with E-state index in [1.54, 1.807) is 12.2 Å². The summed E-state index contributed by atoms with van der Waals surface area (Å²) in [5.74, 6) is -3.20. The zero-order valence-electron chi connectivity index (χ0n) is 15.2. The Morgan fingerprint density at radius 1 is 1.20 bits per heavy atom. The fourth-order valence-corrected chi connectivity index (χ4v) is 6.35. The number of hydrogen-bond acceptors (Lipinski definition) is 5. The molecular formula is C20H28O5. The molecule has 0 amide bonds. The van der Waals surface area contributed by atoms with Crippen LogP contribution in [0.2, 0.25) is 0 Å². The first-order valence-corrected chi connectivity index (χ1v) is 9.20. The van der Waals surface area contributed by atoms with Crippen molar-refractivity contribution >= 4 is 5.97 Å². The van der Waals surface area contributed by atoms with Gasteiger partial charge in [-0.15, -0.1) is 6.58 Å². The molecule has 3 fully saturated rings. The van der Waals surface area contributed by atoms with Crippen molar-refractivity contribution in [1.82, 2.24) is 0 Å². The summed E-state index contributed by atoms with van der Waals surface area (Å²) in [6, 6.07) is 0. The zero-order chi connectivity index (χ0) is 18.5. The minimum absolute atomic E-state index is 0.323. The molecule has 3 N–H and O–H groups in total. The van der Waals surface area contributed by atoms with Crippen LogP contribution < -0.4 is 0 Å². The quantitative estimate of drug-likeness (QED) is 0.499. The van der Waals surface area contributed by atoms with E-state index in [1.165, 1.54) is 0 Å². The third-order valence-corrected chi connectivity index (χ3v) is 7.58. The highest BCUT2D eigenvalue weighted by atomic mass is 16.7. The molecule has 0 spiro atoms. The molecule has 3 aliphatic carbocycles. The lowest BCUT2D eigenvalue weighted by molar-refractivity contribution is -0.289. The molecule has 2 bridgehead atoms. The van der Waals surface area contributed by atoms with E-state index in [2.05, 4.69) is 6.58 Å². The first-order valence-electron chi connectivity index (χ1n) is 9.20. The van der Waals surface area contributed by atoms with Crippen LogP contribution in [0.15, 0.2) is 24.3 Å². The number of aliphatic hydroxyl groups excluding tert-OH is 1. The van der Waals surface area contributed by atoms with Crippen molar-refractivity contribution in [1.29, 1.82) is 0 Å². The molecular weight excluding hydrogens is 320 g/mol. The Kier molecular flexibility index (Phi) is 3.15. The van der Waals surface area contributed by atoms with Crippen LogP contribution in [0.1, 0.15) is 52.9 Å². The van der Waals surface area contributed by atoms with Crippen LogP contribution in [-0.4, -0.2) is 38.8 Å². The Labute approximate surface area is 148 Å². The Balaban J connectivity index is 2.01. The molecule has 5 heteroatoms. The molecule has 5 nitrogen and oxygen atoms in total. The number of ether oxygens (including phenoxy) is 1. The van der Waals surface area contributed by atoms with E-state index >= 15 is 0 Å². The molecule has 1 saturated heterocycles. The van der Waals surface area contributed by atoms with Crippen molar-refractivity contribution in [2.45, 2.75) is 70.4 Å². The smallest absolute Gasteiger partial charge is 0.318 e. The zero-order valence-corrected chi connectivity index (χ0v) is 15.2. The molecule has 1 heterocycles. The molecule has 0 aromatic carbocycles. The number of allylic oxidation sites excluding steroid dienone is 2. The molecule has 0 aromatic heterocycles. The van der Waals surface area contributed by atoms with Crippen molar-refractivity contribution in [2.24, 2.45) is 22.2 Å². The average Bonchev–Trinajstić information content (AvgIpc) is 2.77. The van der Waals surface area contributed by atoms with E-state index in [1.807, 2.05) is 20.8 Å². The van der Waals surface area contributed by atoms with E-state index in [0.29, 0.717) is 24.8 Å². The second-order valence-corrected chi connectivity index (χ2v) is 9.46. The normalized spacial score (nSPS) is 53.4. The fraction of sp³-hybridized carbons (Fsp3) is 0.750. The third kappa shape index (κ3) is 1.72. The summed E-state index contributed by atoms with van der Waals surface area (Å²) in [4.78, 5) is 13.0. The molecule has 0 aromatic rings. The minimum atomic E-state index is -1.99. The predicted molar refractivity (Wildman–Crippen MR) is 91.2 cm³/mol. The fourth-order valence-electron chi connectivity index (χ4n) is 6.35. The number of esters is 1. The van der Waals surface area contributed by atoms with E-state index in [-0.39, 0.29) is 0 Å². The van der Waals surface area contributed by atoms with Crippen molar-refractivity contribution < 1.29 is 24.9 Å². The van der Waals surface area contributed by atoms with E-state index < -0.39 is 45.6 Å². The first kappa shape index (κ1) is 17.3. The maximum atomic E-state index is 13.0. The van der Waals surface area contributed by atoms with Gasteiger partial charge in [-0.3, -0.25) is 4.79 Å². The molecule has 2 saturated carbocycles. The Hall–Kier alpha value is -1.17. The maximum Gasteiger partial charge on any atom is 0.318 e. The molecule has 0 radical (unpaired) electrons. The number of carbonyl (C=O) groups is 1. The molecule has 4 aliphatic rings. The van der Waals surface area contributed by atoms with Crippen LogP contribution in [0.3, 0.4) is 0 Å². The highest BCUT2D eigenvalue weighted by Gasteiger charge is 2.83. The largest absolute Gasteiger partial charge is 0.429 e. The van der Waals surface area contributed by atoms with Crippen LogP contribution >= 0.6 is 0 Å². The van der Waals surface area contributed by atoms with Gasteiger partial charge in [0.2, 0.25) is 5.79 Å². The summed E-state index contributed by atoms with van der Waals surface area (Å²) in [5, 5.41) is 34.2. The topological polar surface area (TPSA) is 87.0 Å². The summed E-state index contributed by atoms with van der Waals surface area (Å²) < 4.78 is 5.46. The van der Waals surface area contributed by atoms with Crippen molar-refractivity contribution in [3.63, 3.8) is 0 Å². The van der Waals surface area contributed by atoms with E-state index in [9.17, 15) is 20.1 Å². The van der Waals surface area contributed by atoms with E-state index in [0.717, 1.165) is 12.8 Å². The van der Waals surface area contributed by atoms with Gasteiger partial charge in [0.15, 0.2) is 0 Å². The summed E-state index contributed by atoms with van der Waals surface area (Å²) in [7, 11) is 0. The van der Waals surface area contributed by atoms with Crippen LogP contribution in [0, 0.1) is 22.2 Å². The van der Waals surface area contributed by atoms with Gasteiger partial charge in [0.25, 0.3) is 0 Å². The Morgan fingerprint density at radius 3 is 2.52 bits per heavy atom. The van der Waals surface area contributed by atoms with Gasteiger partial charge in [-0.2, -0.15) is 0 Å². The van der Waals surface area contributed by atoms with Gasteiger partial charge in [0.05, 0.1) is 5.92 Å². The lowest BCUT2D eigenvalue weighted by atomic mass is 9.42. The monoisotopic (exact) mass is 348 g/mol. The minimum Gasteiger partial charge on any atom is -0.429 e. The van der Waals surface area contributed by atoms with Gasteiger partial charge in [0.1, 0.15) is 17.1 Å². The summed E-state index contributed by atoms with van der Waals surface area (Å²) in [5.41, 5.74) is -3.19. The van der Waals surface area contributed by atoms with Gasteiger partial charge in [-0.25, -0.2) is 0 Å². The third-order valence-electron chi connectivity index (χ3n) is 7.58. The maximum absolute atomic E-state index is 13.0. The van der Waals surface area contributed by atoms with Crippen molar-refractivity contribution in [3.8, 4) is 0 Å². The van der Waals surface area contributed by atoms with Crippen molar-refractivity contribution in [3.05, 3.63) is 24.3 Å². The molecule has 1 unspecified atom stereocenters. The molecule has 4 rings (SSSR count). The number of rotatable bonds is 1. The molecule has 138 valence electrons. The highest BCUT2D eigenvalue weighted by Crippen LogP contribution is 2.72. The Bertz CT molecular complexity index is 696. The summed E-state index contributed by atoms with van der Waals surface area (Å²) in [6.45, 7) is 9.81. The second-order valence-electron chi connectivity index (χ2n) is 9.46. The Morgan fingerprint density at radius 2 is 1.88 bits per heavy atom. The number of hydrogen-bond donors (Lipinski definition) is 3. The van der Waals surface area contributed by atoms with Crippen LogP contribution in [0.5, 0.6) is 0 Å². The van der Waals surface area contributed by atoms with Gasteiger partial charge >= 0.3 is 5.97 Å². The van der Waals surface area contributed by atoms with Crippen LogP contribution in [0.4, 0.5) is 0 Å². The molecule has 6 atom stereocenters. The second kappa shape index (κ2) is 4.56. The van der Waals surface area contributed by atoms with Gasteiger partial charge in [0, 0.05) is 5.41 Å². The first-order chi connectivity index (χ1) is 11.5. The number of fused-ring (bicyclic) bond motifs is 1. The van der Waals surface area contributed by atoms with Crippen molar-refractivity contribution in [2.75, 3.05) is 0 Å². The summed E-state index contributed by atoms with van der Waals surface area (Å²) >= 11 is 0. The predicted octanol–water partition coefficient (Wildman–Crippen LogP) is 2.06. The number of aliphatic hydroxyl groups is 3. The van der Waals surface area contributed by atoms with Crippen LogP contribution in [0.25, 0.3) is 0 Å². The average molecular weight is 348 g/mol. The van der Waals surface area contributed by atoms with Gasteiger partial charge in [-0.05, 0) is 36.7 Å². The standard InChI is InChI=1S/C20H28O5/c1-5-17(4)9-10-19(23)12(11-17)13(21)20(24)14-16(2,3)7-6-8-18(14,19)15(22)25-20/h5,11,13-14,21,23-24H,1,6-10H2,2-4H3/t13-,14?,17+,18+,19-,20-/m1/s1. The lowest BCUT2D eigenvalue weighted by Gasteiger charge is -2.61. The molecule has 25 heavy (non-hydrogen) atoms. The van der Waals surface area contributed by atoms with Gasteiger partial charge in [-0.1, -0.05) is 39.3 Å².